The number of amides is 1. The Morgan fingerprint density at radius 3 is 2.60 bits per heavy atom. The van der Waals surface area contributed by atoms with Crippen LogP contribution in [-0.4, -0.2) is 25.5 Å². The van der Waals surface area contributed by atoms with Crippen molar-refractivity contribution in [2.45, 2.75) is 13.0 Å². The van der Waals surface area contributed by atoms with E-state index in [4.69, 9.17) is 4.74 Å². The molecule has 0 aliphatic carbocycles. The number of para-hydroxylation sites is 1. The molecule has 0 bridgehead atoms. The van der Waals surface area contributed by atoms with E-state index in [0.29, 0.717) is 18.7 Å². The second kappa shape index (κ2) is 9.87. The summed E-state index contributed by atoms with van der Waals surface area (Å²) in [5.41, 5.74) is 2.83. The van der Waals surface area contributed by atoms with Crippen LogP contribution < -0.4 is 15.4 Å². The molecule has 0 unspecified atom stereocenters. The number of carbonyl (C=O) groups is 1. The van der Waals surface area contributed by atoms with Crippen LogP contribution in [0.1, 0.15) is 22.3 Å². The van der Waals surface area contributed by atoms with Gasteiger partial charge >= 0.3 is 0 Å². The van der Waals surface area contributed by atoms with Gasteiger partial charge in [-0.3, -0.25) is 4.79 Å². The second-order valence-electron chi connectivity index (χ2n) is 5.76. The van der Waals surface area contributed by atoms with E-state index in [2.05, 4.69) is 16.7 Å². The molecule has 4 nitrogen and oxygen atoms in total. The average Bonchev–Trinajstić information content (AvgIpc) is 2.66. The van der Waals surface area contributed by atoms with E-state index in [1.807, 2.05) is 54.6 Å². The van der Waals surface area contributed by atoms with Crippen molar-refractivity contribution in [2.24, 2.45) is 0 Å². The maximum atomic E-state index is 12.5. The minimum Gasteiger partial charge on any atom is -0.489 e. The first kappa shape index (κ1) is 19.0. The van der Waals surface area contributed by atoms with Crippen molar-refractivity contribution in [3.63, 3.8) is 0 Å². The molecule has 2 aromatic rings. The number of rotatable bonds is 6. The van der Waals surface area contributed by atoms with Crippen molar-refractivity contribution in [3.8, 4) is 5.75 Å². The van der Waals surface area contributed by atoms with Gasteiger partial charge in [-0.25, -0.2) is 0 Å². The fourth-order valence-electron chi connectivity index (χ4n) is 2.66. The van der Waals surface area contributed by atoms with Crippen LogP contribution in [0.15, 0.2) is 66.2 Å². The Balaban J connectivity index is 0.00000225. The molecule has 0 saturated heterocycles. The predicted octanol–water partition coefficient (Wildman–Crippen LogP) is 3.34. The number of hydrogen-bond acceptors (Lipinski definition) is 3. The van der Waals surface area contributed by atoms with E-state index in [0.717, 1.165) is 30.8 Å². The van der Waals surface area contributed by atoms with Crippen LogP contribution in [-0.2, 0) is 6.61 Å². The third kappa shape index (κ3) is 5.62. The molecule has 2 aromatic carbocycles. The van der Waals surface area contributed by atoms with Crippen molar-refractivity contribution in [3.05, 3.63) is 77.4 Å². The Labute approximate surface area is 154 Å². The van der Waals surface area contributed by atoms with E-state index >= 15 is 0 Å². The topological polar surface area (TPSA) is 50.4 Å². The summed E-state index contributed by atoms with van der Waals surface area (Å²) in [4.78, 5) is 12.5. The summed E-state index contributed by atoms with van der Waals surface area (Å²) >= 11 is 0. The van der Waals surface area contributed by atoms with Crippen LogP contribution in [0, 0.1) is 0 Å². The van der Waals surface area contributed by atoms with Crippen molar-refractivity contribution in [2.75, 3.05) is 19.6 Å². The maximum absolute atomic E-state index is 12.5. The molecule has 132 valence electrons. The number of hydrogen-bond donors (Lipinski definition) is 2. The number of halogens is 1. The molecule has 0 aromatic heterocycles. The first-order chi connectivity index (χ1) is 11.8. The lowest BCUT2D eigenvalue weighted by atomic mass is 10.1. The van der Waals surface area contributed by atoms with Gasteiger partial charge in [-0.2, -0.15) is 0 Å². The molecule has 25 heavy (non-hydrogen) atoms. The van der Waals surface area contributed by atoms with Gasteiger partial charge in [0.15, 0.2) is 0 Å². The van der Waals surface area contributed by atoms with Crippen LogP contribution in [0.2, 0.25) is 0 Å². The zero-order valence-electron chi connectivity index (χ0n) is 14.0. The summed E-state index contributed by atoms with van der Waals surface area (Å²) in [5.74, 6) is 0.745. The quantitative estimate of drug-likeness (QED) is 0.779. The Bertz CT molecular complexity index is 717. The SMILES string of the molecule is Cl.O=C(NCC1=CCNCC1)c1ccccc1COc1ccccc1. The summed E-state index contributed by atoms with van der Waals surface area (Å²) < 4.78 is 5.78. The summed E-state index contributed by atoms with van der Waals surface area (Å²) in [5, 5.41) is 6.29. The Morgan fingerprint density at radius 1 is 1.08 bits per heavy atom. The molecule has 0 fully saturated rings. The normalized spacial score (nSPS) is 13.4. The minimum absolute atomic E-state index is 0. The molecule has 0 atom stereocenters. The van der Waals surface area contributed by atoms with E-state index in [-0.39, 0.29) is 18.3 Å². The molecule has 3 rings (SSSR count). The van der Waals surface area contributed by atoms with Crippen molar-refractivity contribution in [1.29, 1.82) is 0 Å². The van der Waals surface area contributed by atoms with Crippen LogP contribution >= 0.6 is 12.4 Å². The zero-order valence-corrected chi connectivity index (χ0v) is 14.9. The molecule has 2 N–H and O–H groups in total. The highest BCUT2D eigenvalue weighted by Crippen LogP contribution is 2.15. The van der Waals surface area contributed by atoms with E-state index < -0.39 is 0 Å². The van der Waals surface area contributed by atoms with Crippen molar-refractivity contribution in [1.82, 2.24) is 10.6 Å². The summed E-state index contributed by atoms with van der Waals surface area (Å²) in [6.07, 6.45) is 3.13. The van der Waals surface area contributed by atoms with Crippen LogP contribution in [0.25, 0.3) is 0 Å². The molecule has 1 aliphatic rings. The van der Waals surface area contributed by atoms with Crippen molar-refractivity contribution >= 4 is 18.3 Å². The number of benzene rings is 2. The number of ether oxygens (including phenoxy) is 1. The maximum Gasteiger partial charge on any atom is 0.251 e. The van der Waals surface area contributed by atoms with Gasteiger partial charge in [-0.1, -0.05) is 48.0 Å². The first-order valence-corrected chi connectivity index (χ1v) is 8.25. The Morgan fingerprint density at radius 2 is 1.84 bits per heavy atom. The minimum atomic E-state index is -0.0540. The van der Waals surface area contributed by atoms with Gasteiger partial charge in [0.05, 0.1) is 0 Å². The first-order valence-electron chi connectivity index (χ1n) is 8.25. The molecular formula is C20H23ClN2O2. The van der Waals surface area contributed by atoms with Gasteiger partial charge in [0.25, 0.3) is 5.91 Å². The van der Waals surface area contributed by atoms with E-state index in [9.17, 15) is 4.79 Å². The standard InChI is InChI=1S/C20H22N2O2.ClH/c23-20(22-14-16-10-12-21-13-11-16)19-9-5-4-6-17(19)15-24-18-7-2-1-3-8-18;/h1-10,21H,11-15H2,(H,22,23);1H. The monoisotopic (exact) mass is 358 g/mol. The van der Waals surface area contributed by atoms with Gasteiger partial charge in [0.1, 0.15) is 12.4 Å². The van der Waals surface area contributed by atoms with Crippen molar-refractivity contribution < 1.29 is 9.53 Å². The smallest absolute Gasteiger partial charge is 0.251 e. The highest BCUT2D eigenvalue weighted by atomic mass is 35.5. The lowest BCUT2D eigenvalue weighted by molar-refractivity contribution is 0.0954. The van der Waals surface area contributed by atoms with Crippen LogP contribution in [0.3, 0.4) is 0 Å². The summed E-state index contributed by atoms with van der Waals surface area (Å²) in [7, 11) is 0. The summed E-state index contributed by atoms with van der Waals surface area (Å²) in [6, 6.07) is 17.2. The summed E-state index contributed by atoms with van der Waals surface area (Å²) in [6.45, 7) is 2.84. The molecule has 1 aliphatic heterocycles. The fourth-order valence-corrected chi connectivity index (χ4v) is 2.66. The molecule has 0 radical (unpaired) electrons. The molecule has 0 spiro atoms. The lowest BCUT2D eigenvalue weighted by Crippen LogP contribution is -2.30. The molecule has 0 saturated carbocycles. The predicted molar refractivity (Wildman–Crippen MR) is 102 cm³/mol. The van der Waals surface area contributed by atoms with Crippen LogP contribution in [0.5, 0.6) is 5.75 Å². The van der Waals surface area contributed by atoms with Gasteiger partial charge in [0.2, 0.25) is 0 Å². The Hall–Kier alpha value is -2.30. The van der Waals surface area contributed by atoms with E-state index in [1.165, 1.54) is 5.57 Å². The van der Waals surface area contributed by atoms with Crippen LogP contribution in [0.4, 0.5) is 0 Å². The molecular weight excluding hydrogens is 336 g/mol. The van der Waals surface area contributed by atoms with Gasteiger partial charge in [-0.05, 0) is 31.2 Å². The third-order valence-electron chi connectivity index (χ3n) is 4.03. The average molecular weight is 359 g/mol. The zero-order chi connectivity index (χ0) is 16.6. The number of nitrogens with one attached hydrogen (secondary N) is 2. The lowest BCUT2D eigenvalue weighted by Gasteiger charge is -2.15. The van der Waals surface area contributed by atoms with Gasteiger partial charge in [0, 0.05) is 24.2 Å². The largest absolute Gasteiger partial charge is 0.489 e. The highest BCUT2D eigenvalue weighted by Gasteiger charge is 2.12. The van der Waals surface area contributed by atoms with E-state index in [1.54, 1.807) is 0 Å². The van der Waals surface area contributed by atoms with Gasteiger partial charge < -0.3 is 15.4 Å². The fraction of sp³-hybridized carbons (Fsp3) is 0.250. The molecule has 1 heterocycles. The Kier molecular flexibility index (Phi) is 7.51. The molecule has 5 heteroatoms. The highest BCUT2D eigenvalue weighted by molar-refractivity contribution is 5.95. The second-order valence-corrected chi connectivity index (χ2v) is 5.76. The van der Waals surface area contributed by atoms with Gasteiger partial charge in [-0.15, -0.1) is 12.4 Å². The third-order valence-corrected chi connectivity index (χ3v) is 4.03. The number of carbonyl (C=O) groups excluding carboxylic acids is 1. The molecule has 1 amide bonds.